The number of carbonyl (C=O) groups excluding carboxylic acids is 2. The molecule has 4 rings (SSSR count). The van der Waals surface area contributed by atoms with Crippen LogP contribution in [0, 0.1) is 6.92 Å². The van der Waals surface area contributed by atoms with Gasteiger partial charge in [0.2, 0.25) is 0 Å². The molecule has 14 heteroatoms. The molecular weight excluding hydrogens is 578 g/mol. The smallest absolute Gasteiger partial charge is 0.326 e. The van der Waals surface area contributed by atoms with Crippen molar-refractivity contribution in [2.24, 2.45) is 5.73 Å². The van der Waals surface area contributed by atoms with Gasteiger partial charge in [-0.1, -0.05) is 35.1 Å². The van der Waals surface area contributed by atoms with Crippen LogP contribution in [-0.4, -0.2) is 95.6 Å². The van der Waals surface area contributed by atoms with E-state index in [1.54, 1.807) is 12.1 Å². The number of nitrogens with zero attached hydrogens (tertiary/aromatic N) is 6. The Bertz CT molecular complexity index is 1410. The number of rotatable bonds is 11. The number of aromatic nitrogens is 3. The second-order valence-corrected chi connectivity index (χ2v) is 12.1. The zero-order chi connectivity index (χ0) is 30.4. The fourth-order valence-corrected chi connectivity index (χ4v) is 5.17. The molecule has 0 bridgehead atoms. The van der Waals surface area contributed by atoms with E-state index >= 15 is 0 Å². The van der Waals surface area contributed by atoms with E-state index in [1.165, 1.54) is 17.5 Å². The molecule has 42 heavy (non-hydrogen) atoms. The number of likely N-dealkylation sites (N-methyl/N-ethyl adjacent to an activating group) is 1. The molecule has 0 atom stereocenters. The quantitative estimate of drug-likeness (QED) is 0.273. The highest BCUT2D eigenvalue weighted by Gasteiger charge is 2.31. The summed E-state index contributed by atoms with van der Waals surface area (Å²) in [5, 5.41) is 7.00. The molecule has 12 nitrogen and oxygen atoms in total. The standard InChI is InChI=1S/C28H38ClN9O3S/c1-18-32-22(34-27-31-17-21(42-27)25(39)35-24-19(16-30)7-6-8-20(24)29)15-23(33-18)38-11-9-37(10-12-38)13-14-41-26(40)28(2,3)36(4)5/h6-8,15,17H,9-14,16,30H2,1-5H3,(H,35,39)(H,31,32,33,34). The van der Waals surface area contributed by atoms with Gasteiger partial charge in [0.05, 0.1) is 16.9 Å². The zero-order valence-corrected chi connectivity index (χ0v) is 26.2. The normalized spacial score (nSPS) is 14.2. The average molecular weight is 616 g/mol. The van der Waals surface area contributed by atoms with Gasteiger partial charge in [-0.15, -0.1) is 0 Å². The van der Waals surface area contributed by atoms with Gasteiger partial charge in [0.25, 0.3) is 5.91 Å². The lowest BCUT2D eigenvalue weighted by molar-refractivity contribution is -0.155. The van der Waals surface area contributed by atoms with Crippen molar-refractivity contribution in [1.29, 1.82) is 0 Å². The Morgan fingerprint density at radius 2 is 1.93 bits per heavy atom. The summed E-state index contributed by atoms with van der Waals surface area (Å²) in [6, 6.07) is 7.20. The zero-order valence-electron chi connectivity index (χ0n) is 24.6. The topological polar surface area (TPSA) is 142 Å². The third kappa shape index (κ3) is 7.72. The second kappa shape index (κ2) is 13.7. The van der Waals surface area contributed by atoms with Crippen LogP contribution < -0.4 is 21.3 Å². The molecule has 1 fully saturated rings. The molecule has 1 amide bonds. The molecule has 1 aliphatic rings. The summed E-state index contributed by atoms with van der Waals surface area (Å²) in [7, 11) is 3.73. The number of piperazine rings is 1. The number of ether oxygens (including phenoxy) is 1. The van der Waals surface area contributed by atoms with Crippen LogP contribution >= 0.6 is 22.9 Å². The number of amides is 1. The maximum Gasteiger partial charge on any atom is 0.326 e. The van der Waals surface area contributed by atoms with Crippen molar-refractivity contribution in [1.82, 2.24) is 24.8 Å². The van der Waals surface area contributed by atoms with E-state index in [0.29, 0.717) is 45.5 Å². The minimum Gasteiger partial charge on any atom is -0.463 e. The first-order valence-electron chi connectivity index (χ1n) is 13.7. The molecule has 0 radical (unpaired) electrons. The van der Waals surface area contributed by atoms with E-state index < -0.39 is 5.54 Å². The van der Waals surface area contributed by atoms with Crippen LogP contribution in [0.3, 0.4) is 0 Å². The number of anilines is 4. The van der Waals surface area contributed by atoms with Gasteiger partial charge in [0, 0.05) is 45.3 Å². The Balaban J connectivity index is 1.32. The summed E-state index contributed by atoms with van der Waals surface area (Å²) in [5.41, 5.74) is 6.38. The molecule has 226 valence electrons. The number of nitrogens with two attached hydrogens (primary N) is 1. The number of hydrogen-bond donors (Lipinski definition) is 3. The Labute approximate surface area is 255 Å². The van der Waals surface area contributed by atoms with Gasteiger partial charge >= 0.3 is 5.97 Å². The van der Waals surface area contributed by atoms with Gasteiger partial charge in [-0.05, 0) is 46.5 Å². The van der Waals surface area contributed by atoms with Crippen LogP contribution in [0.2, 0.25) is 5.02 Å². The third-order valence-corrected chi connectivity index (χ3v) is 8.53. The summed E-state index contributed by atoms with van der Waals surface area (Å²) in [5.74, 6) is 1.48. The number of esters is 1. The van der Waals surface area contributed by atoms with Gasteiger partial charge in [-0.25, -0.2) is 15.0 Å². The first kappa shape index (κ1) is 31.6. The molecule has 2 aromatic heterocycles. The maximum absolute atomic E-state index is 12.9. The van der Waals surface area contributed by atoms with Crippen molar-refractivity contribution in [3.05, 3.63) is 51.7 Å². The molecule has 3 aromatic rings. The highest BCUT2D eigenvalue weighted by Crippen LogP contribution is 2.29. The van der Waals surface area contributed by atoms with Crippen molar-refractivity contribution in [3.63, 3.8) is 0 Å². The summed E-state index contributed by atoms with van der Waals surface area (Å²) >= 11 is 7.48. The lowest BCUT2D eigenvalue weighted by Crippen LogP contribution is -2.49. The number of halogens is 1. The highest BCUT2D eigenvalue weighted by molar-refractivity contribution is 7.17. The summed E-state index contributed by atoms with van der Waals surface area (Å²) in [6.07, 6.45) is 1.51. The van der Waals surface area contributed by atoms with E-state index in [1.807, 2.05) is 51.9 Å². The molecule has 0 unspecified atom stereocenters. The summed E-state index contributed by atoms with van der Waals surface area (Å²) in [4.78, 5) is 45.5. The minimum atomic E-state index is -0.660. The molecule has 1 aromatic carbocycles. The van der Waals surface area contributed by atoms with Crippen molar-refractivity contribution in [3.8, 4) is 0 Å². The van der Waals surface area contributed by atoms with Crippen LogP contribution in [0.15, 0.2) is 30.5 Å². The van der Waals surface area contributed by atoms with Crippen LogP contribution in [0.1, 0.15) is 34.9 Å². The van der Waals surface area contributed by atoms with Crippen molar-refractivity contribution >= 4 is 57.3 Å². The fraction of sp³-hybridized carbons (Fsp3) is 0.464. The summed E-state index contributed by atoms with van der Waals surface area (Å²) in [6.45, 7) is 10.0. The number of nitrogens with one attached hydrogen (secondary N) is 2. The number of thiazole rings is 1. The molecule has 0 spiro atoms. The monoisotopic (exact) mass is 615 g/mol. The molecule has 0 aliphatic carbocycles. The van der Waals surface area contributed by atoms with Crippen molar-refractivity contribution in [2.75, 3.05) is 69.0 Å². The van der Waals surface area contributed by atoms with E-state index in [2.05, 4.69) is 35.4 Å². The van der Waals surface area contributed by atoms with Gasteiger partial charge < -0.3 is 26.0 Å². The Hall–Kier alpha value is -3.36. The molecule has 1 aliphatic heterocycles. The lowest BCUT2D eigenvalue weighted by atomic mass is 10.1. The van der Waals surface area contributed by atoms with Gasteiger partial charge in [0.15, 0.2) is 5.13 Å². The molecule has 3 heterocycles. The van der Waals surface area contributed by atoms with E-state index in [0.717, 1.165) is 37.6 Å². The second-order valence-electron chi connectivity index (χ2n) is 10.7. The Morgan fingerprint density at radius 1 is 1.19 bits per heavy atom. The van der Waals surface area contributed by atoms with Crippen molar-refractivity contribution < 1.29 is 14.3 Å². The summed E-state index contributed by atoms with van der Waals surface area (Å²) < 4.78 is 5.53. The van der Waals surface area contributed by atoms with Crippen LogP contribution in [0.5, 0.6) is 0 Å². The number of para-hydroxylation sites is 1. The first-order valence-corrected chi connectivity index (χ1v) is 14.9. The number of benzene rings is 1. The largest absolute Gasteiger partial charge is 0.463 e. The number of aryl methyl sites for hydroxylation is 1. The van der Waals surface area contributed by atoms with Gasteiger partial charge in [-0.2, -0.15) is 0 Å². The number of carbonyl (C=O) groups is 2. The lowest BCUT2D eigenvalue weighted by Gasteiger charge is -2.35. The van der Waals surface area contributed by atoms with Gasteiger partial charge in [-0.3, -0.25) is 19.4 Å². The average Bonchev–Trinajstić information content (AvgIpc) is 3.42. The third-order valence-electron chi connectivity index (χ3n) is 7.30. The SMILES string of the molecule is Cc1nc(Nc2ncc(C(=O)Nc3c(Cl)cccc3CN)s2)cc(N2CCN(CCOC(=O)C(C)(C)N(C)C)CC2)n1. The van der Waals surface area contributed by atoms with E-state index in [9.17, 15) is 9.59 Å². The van der Waals surface area contributed by atoms with Crippen molar-refractivity contribution in [2.45, 2.75) is 32.9 Å². The van der Waals surface area contributed by atoms with Crippen LogP contribution in [0.25, 0.3) is 0 Å². The van der Waals surface area contributed by atoms with E-state index in [-0.39, 0.29) is 18.4 Å². The van der Waals surface area contributed by atoms with Gasteiger partial charge in [0.1, 0.15) is 34.5 Å². The Morgan fingerprint density at radius 3 is 2.62 bits per heavy atom. The minimum absolute atomic E-state index is 0.225. The predicted octanol–water partition coefficient (Wildman–Crippen LogP) is 3.35. The highest BCUT2D eigenvalue weighted by atomic mass is 35.5. The fourth-order valence-electron chi connectivity index (χ4n) is 4.21. The molecule has 4 N–H and O–H groups in total. The molecule has 0 saturated carbocycles. The molecule has 1 saturated heterocycles. The number of hydrogen-bond acceptors (Lipinski definition) is 12. The molecular formula is C28H38ClN9O3S. The maximum atomic E-state index is 12.9. The van der Waals surface area contributed by atoms with Crippen LogP contribution in [-0.2, 0) is 16.1 Å². The Kier molecular flexibility index (Phi) is 10.3. The first-order chi connectivity index (χ1) is 20.0. The predicted molar refractivity (Wildman–Crippen MR) is 167 cm³/mol. The van der Waals surface area contributed by atoms with E-state index in [4.69, 9.17) is 22.1 Å². The van der Waals surface area contributed by atoms with Crippen LogP contribution in [0.4, 0.5) is 22.5 Å².